The first-order valence-electron chi connectivity index (χ1n) is 38.4. The lowest BCUT2D eigenvalue weighted by atomic mass is 9.88. The van der Waals surface area contributed by atoms with E-state index in [0.29, 0.717) is 23.3 Å². The number of carbonyl (C=O) groups excluding carboxylic acids is 1. The van der Waals surface area contributed by atoms with Crippen molar-refractivity contribution in [2.45, 2.75) is 341 Å². The Hall–Kier alpha value is -5.93. The molecule has 0 aromatic carbocycles. The zero-order chi connectivity index (χ0) is 85.9. The Morgan fingerprint density at radius 2 is 1.04 bits per heavy atom. The van der Waals surface area contributed by atoms with Crippen LogP contribution in [0.5, 0.6) is 0 Å². The van der Waals surface area contributed by atoms with Crippen LogP contribution in [0.3, 0.4) is 0 Å². The van der Waals surface area contributed by atoms with Gasteiger partial charge in [0.1, 0.15) is 32.1 Å². The van der Waals surface area contributed by atoms with Gasteiger partial charge in [0.15, 0.2) is 11.6 Å². The number of aryl methyl sites for hydroxylation is 4. The number of nitrogens with zero attached hydrogens (tertiary/aromatic N) is 13. The fraction of sp³-hybridized carbons (Fsp3) is 0.621. The van der Waals surface area contributed by atoms with Crippen molar-refractivity contribution >= 4 is 97.4 Å². The van der Waals surface area contributed by atoms with Gasteiger partial charge in [-0.15, -0.1) is 54.4 Å². The molecule has 25 heteroatoms. The minimum Gasteiger partial charge on any atom is -0.461 e. The summed E-state index contributed by atoms with van der Waals surface area (Å²) in [6.07, 6.45) is 12.5. The molecule has 11 heterocycles. The van der Waals surface area contributed by atoms with E-state index in [1.54, 1.807) is 81.3 Å². The Morgan fingerprint density at radius 3 is 1.29 bits per heavy atom. The Kier molecular flexibility index (Phi) is 40.5. The van der Waals surface area contributed by atoms with E-state index >= 15 is 0 Å². The van der Waals surface area contributed by atoms with E-state index in [4.69, 9.17) is 13.7 Å². The summed E-state index contributed by atoms with van der Waals surface area (Å²) >= 11 is 13.0. The third kappa shape index (κ3) is 39.6. The molecule has 11 aromatic rings. The number of aromatic nitrogens is 13. The van der Waals surface area contributed by atoms with Gasteiger partial charge < -0.3 is 18.2 Å². The first-order valence-corrected chi connectivity index (χ1v) is 45.2. The largest absolute Gasteiger partial charge is 0.461 e. The average Bonchev–Trinajstić information content (AvgIpc) is 1.66. The molecular weight excluding hydrogens is 1550 g/mol. The number of thiophene rings is 2. The van der Waals surface area contributed by atoms with Crippen LogP contribution in [-0.4, -0.2) is 75.1 Å². The van der Waals surface area contributed by atoms with Gasteiger partial charge in [0, 0.05) is 78.8 Å². The number of oxazole rings is 1. The molecule has 624 valence electrons. The molecule has 0 atom stereocenters. The van der Waals surface area contributed by atoms with Crippen molar-refractivity contribution in [3.8, 4) is 0 Å². The molecule has 0 saturated heterocycles. The fourth-order valence-corrected chi connectivity index (χ4v) is 15.2. The van der Waals surface area contributed by atoms with Crippen LogP contribution in [0.25, 0.3) is 0 Å². The van der Waals surface area contributed by atoms with E-state index < -0.39 is 5.97 Å². The smallest absolute Gasteiger partial charge is 0.360 e. The van der Waals surface area contributed by atoms with E-state index in [-0.39, 0.29) is 54.4 Å². The van der Waals surface area contributed by atoms with Crippen molar-refractivity contribution in [1.82, 2.24) is 62.6 Å². The Morgan fingerprint density at radius 1 is 0.509 bits per heavy atom. The molecule has 12 rings (SSSR count). The SMILES string of the molecule is CC(C)(C)c1ccsc1.CC(C)(C)c1ccsc1.CC(C)(C)c1ccsn1.CC(C)(C)c1cnsn1.CC(C)(C)c1cscn1.CC(C)(C)c1nnc(C2CC2)s1.CCOC(=O)c1coc(C(C)(C)C)n1.CCc1nnc(C(C)(C)C)s1.Cc1nscc1C(C)(C)C.Cc1oncc1C(C)(C)C.Cn1cnc(C(C)(C)C)c1. The maximum atomic E-state index is 11.2. The number of thiazole rings is 1. The maximum absolute atomic E-state index is 11.2. The van der Waals surface area contributed by atoms with Gasteiger partial charge in [-0.25, -0.2) is 19.7 Å². The topological polar surface area (TPSA) is 212 Å². The van der Waals surface area contributed by atoms with E-state index in [0.717, 1.165) is 39.5 Å². The van der Waals surface area contributed by atoms with E-state index in [1.807, 2.05) is 62.7 Å². The Bertz CT molecular complexity index is 3950. The molecule has 112 heavy (non-hydrogen) atoms. The lowest BCUT2D eigenvalue weighted by molar-refractivity contribution is 0.0519. The van der Waals surface area contributed by atoms with Gasteiger partial charge in [0.25, 0.3) is 0 Å². The number of rotatable bonds is 4. The van der Waals surface area contributed by atoms with Crippen LogP contribution in [0.4, 0.5) is 0 Å². The number of hydrogen-bond donors (Lipinski definition) is 0. The van der Waals surface area contributed by atoms with Gasteiger partial charge in [0.05, 0.1) is 71.0 Å². The minimum absolute atomic E-state index is 0.157. The normalized spacial score (nSPS) is 12.6. The summed E-state index contributed by atoms with van der Waals surface area (Å²) in [5.74, 6) is 1.78. The molecule has 17 nitrogen and oxygen atoms in total. The second-order valence-electron chi connectivity index (χ2n) is 38.7. The first kappa shape index (κ1) is 102. The number of ether oxygens (including phenoxy) is 1. The quantitative estimate of drug-likeness (QED) is 0.150. The minimum atomic E-state index is -0.438. The van der Waals surface area contributed by atoms with Crippen LogP contribution in [0, 0.1) is 13.8 Å². The summed E-state index contributed by atoms with van der Waals surface area (Å²) in [6.45, 7) is 79.5. The van der Waals surface area contributed by atoms with Gasteiger partial charge in [-0.2, -0.15) is 40.2 Å². The molecule has 0 amide bonds. The third-order valence-electron chi connectivity index (χ3n) is 16.0. The van der Waals surface area contributed by atoms with E-state index in [2.05, 4.69) is 336 Å². The molecule has 1 aliphatic carbocycles. The average molecular weight is 1690 g/mol. The monoisotopic (exact) mass is 1690 g/mol. The van der Waals surface area contributed by atoms with E-state index in [1.165, 1.54) is 91.7 Å². The molecule has 11 aromatic heterocycles. The Labute approximate surface area is 708 Å². The number of imidazole rings is 1. The Balaban J connectivity index is 0.000000419. The second-order valence-corrected chi connectivity index (χ2v) is 44.9. The summed E-state index contributed by atoms with van der Waals surface area (Å²) in [5, 5.41) is 39.9. The zero-order valence-corrected chi connectivity index (χ0v) is 81.9. The maximum Gasteiger partial charge on any atom is 0.360 e. The van der Waals surface area contributed by atoms with Crippen molar-refractivity contribution in [2.75, 3.05) is 6.61 Å². The highest BCUT2D eigenvalue weighted by atomic mass is 32.1. The molecular formula is C87H139N13O4S8. The molecule has 0 spiro atoms. The molecule has 0 aliphatic heterocycles. The molecule has 0 radical (unpaired) electrons. The number of carbonyl (C=O) groups is 1. The molecule has 0 unspecified atom stereocenters. The molecule has 1 fully saturated rings. The number of esters is 1. The van der Waals surface area contributed by atoms with Gasteiger partial charge >= 0.3 is 5.97 Å². The summed E-state index contributed by atoms with van der Waals surface area (Å²) in [6, 6.07) is 6.44. The highest BCUT2D eigenvalue weighted by molar-refractivity contribution is 7.12. The van der Waals surface area contributed by atoms with Gasteiger partial charge in [-0.05, 0) is 141 Å². The first-order chi connectivity index (χ1) is 51.1. The number of hydrogen-bond acceptors (Lipinski definition) is 24. The highest BCUT2D eigenvalue weighted by Crippen LogP contribution is 2.43. The van der Waals surface area contributed by atoms with Gasteiger partial charge in [-0.3, -0.25) is 0 Å². The molecule has 1 aliphatic rings. The summed E-state index contributed by atoms with van der Waals surface area (Å²) in [4.78, 5) is 23.8. The lowest BCUT2D eigenvalue weighted by Crippen LogP contribution is -2.12. The van der Waals surface area contributed by atoms with Crippen molar-refractivity contribution in [3.63, 3.8) is 0 Å². The zero-order valence-electron chi connectivity index (χ0n) is 75.4. The highest BCUT2D eigenvalue weighted by Gasteiger charge is 2.30. The van der Waals surface area contributed by atoms with Gasteiger partial charge in [-0.1, -0.05) is 241 Å². The predicted octanol–water partition coefficient (Wildman–Crippen LogP) is 26.8. The molecule has 1 saturated carbocycles. The van der Waals surface area contributed by atoms with Gasteiger partial charge in [0.2, 0.25) is 0 Å². The van der Waals surface area contributed by atoms with E-state index in [9.17, 15) is 4.79 Å². The van der Waals surface area contributed by atoms with Crippen LogP contribution in [0.15, 0.2) is 101 Å². The summed E-state index contributed by atoms with van der Waals surface area (Å²) in [5.41, 5.74) is 15.3. The van der Waals surface area contributed by atoms with Crippen LogP contribution >= 0.6 is 91.5 Å². The molecule has 0 N–H and O–H groups in total. The lowest BCUT2D eigenvalue weighted by Gasteiger charge is -2.16. The van der Waals surface area contributed by atoms with Crippen LogP contribution < -0.4 is 0 Å². The van der Waals surface area contributed by atoms with Crippen LogP contribution in [-0.2, 0) is 77.8 Å². The molecule has 0 bridgehead atoms. The van der Waals surface area contributed by atoms with Crippen LogP contribution in [0.1, 0.15) is 354 Å². The van der Waals surface area contributed by atoms with Crippen molar-refractivity contribution in [1.29, 1.82) is 0 Å². The van der Waals surface area contributed by atoms with Crippen molar-refractivity contribution in [2.24, 2.45) is 7.05 Å². The third-order valence-corrected chi connectivity index (χ3v) is 22.7. The second kappa shape index (κ2) is 44.4. The summed E-state index contributed by atoms with van der Waals surface area (Å²) in [7, 11) is 1.99. The van der Waals surface area contributed by atoms with Crippen molar-refractivity contribution < 1.29 is 18.5 Å². The van der Waals surface area contributed by atoms with Crippen LogP contribution in [0.2, 0.25) is 0 Å². The fourth-order valence-electron chi connectivity index (χ4n) is 8.54. The predicted molar refractivity (Wildman–Crippen MR) is 483 cm³/mol. The van der Waals surface area contributed by atoms with Crippen molar-refractivity contribution in [3.05, 3.63) is 181 Å². The summed E-state index contributed by atoms with van der Waals surface area (Å²) < 4.78 is 33.4. The standard InChI is InChI=1S/C10H15NO3.C9H14N2S.C8H14N2S.C8H14N2.C8H13NO.C8H13NS.2C8H12S.2C7H11NS.C6H10N2S/c1-5-13-8(12)7-6-14-9(11-7)10(2,3)4;1-9(2,3)8-11-10-7(12-8)6-4-5-6;1-5-6-9-10-7(11-6)8(2,3)4;1-8(2,3)7-5-10(4)6-9-7;1-6-7(5-9-10-6)8(2,3)4;1-6-7(5-10-9-6)8(2,3)4;2*1-8(2,3)7-4-5-9-6-7;1-7(2,3)6-4-9-5-8-6;1-7(2,3)6-4-5-9-8-6;1-6(2,3)5-4-7-9-8-5/h6H,5H2,1-4H3;6H,4-5H2,1-3H3;5H2,1-4H3;5-6H,1-4H3;2*5H,1-4H3;2*4-6H,1-3H3;2*4-5H,1-3H3;4H,1-3H3.